The van der Waals surface area contributed by atoms with Crippen molar-refractivity contribution in [1.82, 2.24) is 15.2 Å². The number of aromatic amines is 2. The first-order valence-electron chi connectivity index (χ1n) is 8.69. The first kappa shape index (κ1) is 18.1. The van der Waals surface area contributed by atoms with Crippen LogP contribution in [0.4, 0.5) is 5.82 Å². The zero-order valence-electron chi connectivity index (χ0n) is 14.4. The number of hydrogen-bond donors (Lipinski definition) is 3. The lowest BCUT2D eigenvalue weighted by Gasteiger charge is -2.20. The smallest absolute Gasteiger partial charge is 0.273 e. The van der Waals surface area contributed by atoms with Crippen LogP contribution in [-0.4, -0.2) is 34.3 Å². The molecule has 27 heavy (non-hydrogen) atoms. The monoisotopic (exact) mass is 404 g/mol. The van der Waals surface area contributed by atoms with Gasteiger partial charge in [0.05, 0.1) is 0 Å². The number of anilines is 1. The molecule has 1 aliphatic heterocycles. The summed E-state index contributed by atoms with van der Waals surface area (Å²) in [5.74, 6) is 0.545. The van der Waals surface area contributed by atoms with Crippen LogP contribution in [0.5, 0.6) is 0 Å². The Morgan fingerprint density at radius 1 is 1.19 bits per heavy atom. The molecule has 1 aliphatic rings. The van der Waals surface area contributed by atoms with Crippen molar-refractivity contribution >= 4 is 34.9 Å². The molecule has 0 unspecified atom stereocenters. The average Bonchev–Trinajstić information content (AvgIpc) is 3.32. The summed E-state index contributed by atoms with van der Waals surface area (Å²) in [5.41, 5.74) is 2.65. The highest BCUT2D eigenvalue weighted by Crippen LogP contribution is 2.36. The maximum absolute atomic E-state index is 12.8. The van der Waals surface area contributed by atoms with E-state index in [1.807, 2.05) is 6.07 Å². The average molecular weight is 405 g/mol. The van der Waals surface area contributed by atoms with Crippen molar-refractivity contribution in [2.75, 3.05) is 18.5 Å². The van der Waals surface area contributed by atoms with Crippen LogP contribution in [0, 0.1) is 0 Å². The molecule has 0 spiro atoms. The number of H-pyrrole nitrogens is 2. The molecule has 8 heteroatoms. The van der Waals surface area contributed by atoms with E-state index in [0.717, 1.165) is 31.7 Å². The van der Waals surface area contributed by atoms with Gasteiger partial charge in [0.2, 0.25) is 0 Å². The van der Waals surface area contributed by atoms with E-state index in [1.54, 1.807) is 30.5 Å². The highest BCUT2D eigenvalue weighted by Gasteiger charge is 2.21. The van der Waals surface area contributed by atoms with E-state index in [2.05, 4.69) is 20.5 Å². The predicted molar refractivity (Wildman–Crippen MR) is 106 cm³/mol. The number of nitrogens with zero attached hydrogens (tertiary/aromatic N) is 1. The number of halogens is 2. The molecule has 1 fully saturated rings. The normalized spacial score (nSPS) is 15.0. The van der Waals surface area contributed by atoms with Gasteiger partial charge in [0.15, 0.2) is 5.82 Å². The van der Waals surface area contributed by atoms with Crippen molar-refractivity contribution in [2.45, 2.75) is 18.8 Å². The van der Waals surface area contributed by atoms with Crippen LogP contribution >= 0.6 is 23.2 Å². The lowest BCUT2D eigenvalue weighted by molar-refractivity contribution is 0.0845. The third-order valence-corrected chi connectivity index (χ3v) is 5.34. The molecule has 0 aliphatic carbocycles. The van der Waals surface area contributed by atoms with Crippen LogP contribution in [0.15, 0.2) is 36.5 Å². The van der Waals surface area contributed by atoms with Crippen molar-refractivity contribution in [3.05, 3.63) is 58.0 Å². The van der Waals surface area contributed by atoms with Crippen LogP contribution in [0.1, 0.15) is 34.9 Å². The Kier molecular flexibility index (Phi) is 5.20. The fourth-order valence-corrected chi connectivity index (χ4v) is 3.92. The molecule has 3 aromatic rings. The van der Waals surface area contributed by atoms with E-state index in [0.29, 0.717) is 38.6 Å². The number of benzene rings is 1. The second-order valence-electron chi connectivity index (χ2n) is 6.41. The summed E-state index contributed by atoms with van der Waals surface area (Å²) in [4.78, 5) is 15.7. The van der Waals surface area contributed by atoms with Gasteiger partial charge in [-0.1, -0.05) is 29.3 Å². The Labute approximate surface area is 166 Å². The fraction of sp³-hybridized carbons (Fsp3) is 0.263. The maximum atomic E-state index is 12.8. The standard InChI is InChI=1S/C19H18Cl2N4O2/c20-13-2-1-3-14(21)17(13)12-4-7-22-18(12)19(26)23-16-10-15(24-25-16)11-5-8-27-9-6-11/h1-4,7,10-11,22H,5-6,8-9H2,(H2,23,24,25,26). The number of rotatable bonds is 4. The van der Waals surface area contributed by atoms with Crippen molar-refractivity contribution in [3.8, 4) is 11.1 Å². The van der Waals surface area contributed by atoms with Crippen LogP contribution in [0.25, 0.3) is 11.1 Å². The Balaban J connectivity index is 1.55. The molecular formula is C19H18Cl2N4O2. The molecule has 6 nitrogen and oxygen atoms in total. The number of nitrogens with one attached hydrogen (secondary N) is 3. The van der Waals surface area contributed by atoms with E-state index >= 15 is 0 Å². The molecule has 140 valence electrons. The molecule has 2 aromatic heterocycles. The van der Waals surface area contributed by atoms with Gasteiger partial charge >= 0.3 is 0 Å². The molecule has 0 saturated carbocycles. The second-order valence-corrected chi connectivity index (χ2v) is 7.23. The SMILES string of the molecule is O=C(Nc1cc(C2CCOCC2)[nH]n1)c1[nH]ccc1-c1c(Cl)cccc1Cl. The lowest BCUT2D eigenvalue weighted by Crippen LogP contribution is -2.14. The molecule has 3 N–H and O–H groups in total. The number of hydrogen-bond acceptors (Lipinski definition) is 3. The molecule has 0 bridgehead atoms. The van der Waals surface area contributed by atoms with Gasteiger partial charge in [-0.05, 0) is 31.0 Å². The minimum atomic E-state index is -0.309. The van der Waals surface area contributed by atoms with Crippen LogP contribution in [-0.2, 0) is 4.74 Å². The Morgan fingerprint density at radius 2 is 1.93 bits per heavy atom. The van der Waals surface area contributed by atoms with Gasteiger partial charge < -0.3 is 15.0 Å². The van der Waals surface area contributed by atoms with Gasteiger partial charge in [-0.3, -0.25) is 9.89 Å². The summed E-state index contributed by atoms with van der Waals surface area (Å²) in [6.45, 7) is 1.49. The number of carbonyl (C=O) groups is 1. The Hall–Kier alpha value is -2.28. The first-order chi connectivity index (χ1) is 13.1. The Bertz CT molecular complexity index is 940. The van der Waals surface area contributed by atoms with Crippen molar-refractivity contribution in [2.24, 2.45) is 0 Å². The van der Waals surface area contributed by atoms with Gasteiger partial charge in [-0.25, -0.2) is 0 Å². The third kappa shape index (κ3) is 3.74. The van der Waals surface area contributed by atoms with Crippen LogP contribution < -0.4 is 5.32 Å². The topological polar surface area (TPSA) is 82.8 Å². The summed E-state index contributed by atoms with van der Waals surface area (Å²) < 4.78 is 5.39. The summed E-state index contributed by atoms with van der Waals surface area (Å²) >= 11 is 12.6. The molecule has 1 amide bonds. The van der Waals surface area contributed by atoms with Gasteiger partial charge in [-0.15, -0.1) is 0 Å². The summed E-state index contributed by atoms with van der Waals surface area (Å²) in [7, 11) is 0. The number of aromatic nitrogens is 3. The summed E-state index contributed by atoms with van der Waals surface area (Å²) in [6.07, 6.45) is 3.57. The quantitative estimate of drug-likeness (QED) is 0.580. The van der Waals surface area contributed by atoms with E-state index in [1.165, 1.54) is 0 Å². The van der Waals surface area contributed by atoms with Crippen molar-refractivity contribution in [1.29, 1.82) is 0 Å². The Morgan fingerprint density at radius 3 is 2.67 bits per heavy atom. The van der Waals surface area contributed by atoms with Gasteiger partial charge in [0.1, 0.15) is 5.69 Å². The molecular weight excluding hydrogens is 387 g/mol. The minimum absolute atomic E-state index is 0.309. The third-order valence-electron chi connectivity index (χ3n) is 4.71. The van der Waals surface area contributed by atoms with E-state index in [4.69, 9.17) is 27.9 Å². The number of amides is 1. The van der Waals surface area contributed by atoms with E-state index in [9.17, 15) is 4.79 Å². The van der Waals surface area contributed by atoms with Crippen LogP contribution in [0.3, 0.4) is 0 Å². The number of ether oxygens (including phenoxy) is 1. The first-order valence-corrected chi connectivity index (χ1v) is 9.45. The minimum Gasteiger partial charge on any atom is -0.381 e. The van der Waals surface area contributed by atoms with Gasteiger partial charge in [0, 0.05) is 58.3 Å². The highest BCUT2D eigenvalue weighted by atomic mass is 35.5. The van der Waals surface area contributed by atoms with E-state index < -0.39 is 0 Å². The molecule has 0 radical (unpaired) electrons. The highest BCUT2D eigenvalue weighted by molar-refractivity contribution is 6.39. The van der Waals surface area contributed by atoms with Gasteiger partial charge in [-0.2, -0.15) is 5.10 Å². The molecule has 0 atom stereocenters. The molecule has 4 rings (SSSR count). The van der Waals surface area contributed by atoms with Gasteiger partial charge in [0.25, 0.3) is 5.91 Å². The maximum Gasteiger partial charge on any atom is 0.273 e. The van der Waals surface area contributed by atoms with Crippen LogP contribution in [0.2, 0.25) is 10.0 Å². The zero-order chi connectivity index (χ0) is 18.8. The summed E-state index contributed by atoms with van der Waals surface area (Å²) in [6, 6.07) is 8.90. The second kappa shape index (κ2) is 7.76. The van der Waals surface area contributed by atoms with Crippen molar-refractivity contribution < 1.29 is 9.53 Å². The zero-order valence-corrected chi connectivity index (χ0v) is 15.9. The summed E-state index contributed by atoms with van der Waals surface area (Å²) in [5, 5.41) is 11.0. The molecule has 3 heterocycles. The molecule has 1 aromatic carbocycles. The van der Waals surface area contributed by atoms with Crippen molar-refractivity contribution in [3.63, 3.8) is 0 Å². The largest absolute Gasteiger partial charge is 0.381 e. The fourth-order valence-electron chi connectivity index (χ4n) is 3.32. The lowest BCUT2D eigenvalue weighted by atomic mass is 9.97. The van der Waals surface area contributed by atoms with E-state index in [-0.39, 0.29) is 5.91 Å². The predicted octanol–water partition coefficient (Wildman–Crippen LogP) is 4.86. The number of carbonyl (C=O) groups excluding carboxylic acids is 1. The molecule has 1 saturated heterocycles.